The van der Waals surface area contributed by atoms with Gasteiger partial charge in [0.25, 0.3) is 0 Å². The fraction of sp³-hybridized carbons (Fsp3) is 0.333. The van der Waals surface area contributed by atoms with Gasteiger partial charge in [-0.15, -0.1) is 0 Å². The zero-order valence-corrected chi connectivity index (χ0v) is 14.0. The highest BCUT2D eigenvalue weighted by Gasteiger charge is 2.13. The highest BCUT2D eigenvalue weighted by atomic mass is 79.9. The summed E-state index contributed by atoms with van der Waals surface area (Å²) in [6.07, 6.45) is 2.44. The van der Waals surface area contributed by atoms with E-state index in [4.69, 9.17) is 0 Å². The molecule has 0 fully saturated rings. The minimum atomic E-state index is 0.977. The first-order valence-electron chi connectivity index (χ1n) is 7.50. The van der Waals surface area contributed by atoms with Crippen molar-refractivity contribution in [3.8, 4) is 0 Å². The molecule has 0 spiro atoms. The van der Waals surface area contributed by atoms with E-state index in [9.17, 15) is 0 Å². The second-order valence-electron chi connectivity index (χ2n) is 5.77. The summed E-state index contributed by atoms with van der Waals surface area (Å²) < 4.78 is 1.14. The number of anilines is 1. The van der Waals surface area contributed by atoms with E-state index in [-0.39, 0.29) is 0 Å². The first-order chi connectivity index (χ1) is 10.2. The van der Waals surface area contributed by atoms with Gasteiger partial charge in [-0.25, -0.2) is 0 Å². The van der Waals surface area contributed by atoms with Crippen molar-refractivity contribution in [2.45, 2.75) is 25.9 Å². The maximum atomic E-state index is 3.51. The van der Waals surface area contributed by atoms with Gasteiger partial charge < -0.3 is 5.32 Å². The lowest BCUT2D eigenvalue weighted by Gasteiger charge is -2.24. The van der Waals surface area contributed by atoms with Crippen molar-refractivity contribution in [2.75, 3.05) is 18.9 Å². The van der Waals surface area contributed by atoms with Crippen LogP contribution in [-0.2, 0) is 19.5 Å². The molecule has 2 aromatic carbocycles. The Labute approximate surface area is 135 Å². The summed E-state index contributed by atoms with van der Waals surface area (Å²) >= 11 is 3.49. The van der Waals surface area contributed by atoms with Crippen LogP contribution in [-0.4, -0.2) is 18.5 Å². The molecule has 0 saturated heterocycles. The number of hydrogen-bond acceptors (Lipinski definition) is 2. The van der Waals surface area contributed by atoms with Crippen LogP contribution in [0.3, 0.4) is 0 Å². The van der Waals surface area contributed by atoms with Crippen molar-refractivity contribution in [1.29, 1.82) is 0 Å². The number of fused-ring (bicyclic) bond motifs is 1. The lowest BCUT2D eigenvalue weighted by atomic mass is 9.97. The van der Waals surface area contributed by atoms with E-state index < -0.39 is 0 Å². The van der Waals surface area contributed by atoms with Crippen LogP contribution in [0.15, 0.2) is 46.9 Å². The molecule has 0 radical (unpaired) electrons. The Kier molecular flexibility index (Phi) is 4.61. The van der Waals surface area contributed by atoms with Gasteiger partial charge in [0.1, 0.15) is 0 Å². The maximum absolute atomic E-state index is 3.51. The quantitative estimate of drug-likeness (QED) is 0.881. The van der Waals surface area contributed by atoms with Crippen LogP contribution in [0.4, 0.5) is 5.69 Å². The summed E-state index contributed by atoms with van der Waals surface area (Å²) in [5.41, 5.74) is 5.64. The topological polar surface area (TPSA) is 15.3 Å². The second-order valence-corrected chi connectivity index (χ2v) is 6.69. The molecule has 0 amide bonds. The summed E-state index contributed by atoms with van der Waals surface area (Å²) in [4.78, 5) is 2.38. The Bertz CT molecular complexity index is 607. The van der Waals surface area contributed by atoms with Crippen LogP contribution in [0.2, 0.25) is 0 Å². The van der Waals surface area contributed by atoms with Crippen molar-refractivity contribution in [2.24, 2.45) is 0 Å². The van der Waals surface area contributed by atoms with Gasteiger partial charge in [-0.2, -0.15) is 0 Å². The molecule has 0 unspecified atom stereocenters. The molecule has 1 N–H and O–H groups in total. The Morgan fingerprint density at radius 1 is 1.10 bits per heavy atom. The van der Waals surface area contributed by atoms with E-state index in [1.807, 2.05) is 0 Å². The van der Waals surface area contributed by atoms with Gasteiger partial charge in [0.2, 0.25) is 0 Å². The summed E-state index contributed by atoms with van der Waals surface area (Å²) in [5, 5.41) is 3.51. The Morgan fingerprint density at radius 2 is 1.90 bits per heavy atom. The molecule has 0 aromatic heterocycles. The number of rotatable bonds is 4. The number of hydrogen-bond donors (Lipinski definition) is 1. The molecular formula is C18H21BrN2. The van der Waals surface area contributed by atoms with Crippen molar-refractivity contribution in [3.05, 3.63) is 63.6 Å². The standard InChI is InChI=1S/C18H21BrN2/c1-21(12-14-7-9-16(19)10-8-14)13-15-4-2-6-18-17(15)5-3-11-20-18/h2,4,6-10,20H,3,5,11-13H2,1H3. The number of halogens is 1. The molecule has 2 nitrogen and oxygen atoms in total. The maximum Gasteiger partial charge on any atom is 0.0375 e. The predicted octanol–water partition coefficient (Wildman–Crippen LogP) is 4.44. The molecule has 0 aliphatic carbocycles. The third kappa shape index (κ3) is 3.66. The monoisotopic (exact) mass is 344 g/mol. The molecule has 21 heavy (non-hydrogen) atoms. The zero-order chi connectivity index (χ0) is 14.7. The molecule has 1 heterocycles. The van der Waals surface area contributed by atoms with Crippen LogP contribution in [0.5, 0.6) is 0 Å². The van der Waals surface area contributed by atoms with E-state index in [2.05, 4.69) is 75.7 Å². The number of nitrogens with zero attached hydrogens (tertiary/aromatic N) is 1. The number of nitrogens with one attached hydrogen (secondary N) is 1. The first-order valence-corrected chi connectivity index (χ1v) is 8.29. The van der Waals surface area contributed by atoms with E-state index in [1.54, 1.807) is 0 Å². The Hall–Kier alpha value is -1.32. The van der Waals surface area contributed by atoms with Crippen molar-refractivity contribution in [3.63, 3.8) is 0 Å². The first kappa shape index (κ1) is 14.6. The zero-order valence-electron chi connectivity index (χ0n) is 12.4. The van der Waals surface area contributed by atoms with E-state index in [1.165, 1.54) is 35.2 Å². The molecule has 1 aliphatic heterocycles. The van der Waals surface area contributed by atoms with Crippen molar-refractivity contribution in [1.82, 2.24) is 4.90 Å². The third-order valence-corrected chi connectivity index (χ3v) is 4.53. The van der Waals surface area contributed by atoms with Gasteiger partial charge >= 0.3 is 0 Å². The second kappa shape index (κ2) is 6.63. The minimum Gasteiger partial charge on any atom is -0.385 e. The highest BCUT2D eigenvalue weighted by molar-refractivity contribution is 9.10. The molecule has 0 saturated carbocycles. The largest absolute Gasteiger partial charge is 0.385 e. The van der Waals surface area contributed by atoms with Crippen LogP contribution < -0.4 is 5.32 Å². The average Bonchev–Trinajstić information content (AvgIpc) is 2.50. The van der Waals surface area contributed by atoms with Gasteiger partial charge in [0.15, 0.2) is 0 Å². The van der Waals surface area contributed by atoms with Gasteiger partial charge in [0.05, 0.1) is 0 Å². The lowest BCUT2D eigenvalue weighted by molar-refractivity contribution is 0.318. The molecule has 3 heteroatoms. The lowest BCUT2D eigenvalue weighted by Crippen LogP contribution is -2.20. The highest BCUT2D eigenvalue weighted by Crippen LogP contribution is 2.26. The smallest absolute Gasteiger partial charge is 0.0375 e. The fourth-order valence-electron chi connectivity index (χ4n) is 2.98. The molecule has 3 rings (SSSR count). The molecule has 0 bridgehead atoms. The normalized spacial score (nSPS) is 13.9. The van der Waals surface area contributed by atoms with E-state index in [0.717, 1.165) is 24.1 Å². The van der Waals surface area contributed by atoms with Crippen molar-refractivity contribution < 1.29 is 0 Å². The van der Waals surface area contributed by atoms with Crippen LogP contribution in [0, 0.1) is 0 Å². The van der Waals surface area contributed by atoms with Crippen LogP contribution >= 0.6 is 15.9 Å². The predicted molar refractivity (Wildman–Crippen MR) is 92.6 cm³/mol. The Balaban J connectivity index is 1.70. The minimum absolute atomic E-state index is 0.977. The molecule has 0 atom stereocenters. The van der Waals surface area contributed by atoms with E-state index >= 15 is 0 Å². The van der Waals surface area contributed by atoms with Gasteiger partial charge in [-0.05, 0) is 54.8 Å². The van der Waals surface area contributed by atoms with Gasteiger partial charge in [0, 0.05) is 29.8 Å². The fourth-order valence-corrected chi connectivity index (χ4v) is 3.24. The third-order valence-electron chi connectivity index (χ3n) is 4.00. The van der Waals surface area contributed by atoms with E-state index in [0.29, 0.717) is 0 Å². The Morgan fingerprint density at radius 3 is 2.71 bits per heavy atom. The van der Waals surface area contributed by atoms with Crippen molar-refractivity contribution >= 4 is 21.6 Å². The molecule has 2 aromatic rings. The van der Waals surface area contributed by atoms with Gasteiger partial charge in [-0.3, -0.25) is 4.90 Å². The van der Waals surface area contributed by atoms with Crippen LogP contribution in [0.25, 0.3) is 0 Å². The average molecular weight is 345 g/mol. The summed E-state index contributed by atoms with van der Waals surface area (Å²) in [6.45, 7) is 3.08. The SMILES string of the molecule is CN(Cc1ccc(Br)cc1)Cc1cccc2c1CCCN2. The summed E-state index contributed by atoms with van der Waals surface area (Å²) in [7, 11) is 2.19. The molecule has 110 valence electrons. The molecule has 1 aliphatic rings. The number of benzene rings is 2. The van der Waals surface area contributed by atoms with Crippen LogP contribution in [0.1, 0.15) is 23.1 Å². The van der Waals surface area contributed by atoms with Gasteiger partial charge in [-0.1, -0.05) is 40.2 Å². The molecular weight excluding hydrogens is 324 g/mol. The summed E-state index contributed by atoms with van der Waals surface area (Å²) in [6, 6.07) is 15.2. The summed E-state index contributed by atoms with van der Waals surface area (Å²) in [5.74, 6) is 0.